The van der Waals surface area contributed by atoms with Crippen molar-refractivity contribution in [1.29, 1.82) is 0 Å². The van der Waals surface area contributed by atoms with E-state index < -0.39 is 36.9 Å². The molecule has 0 radical (unpaired) electrons. The Morgan fingerprint density at radius 2 is 0.545 bits per heavy atom. The molecule has 5 N–H and O–H groups in total. The number of nitrogens with one attached hydrogen (secondary N) is 1. The lowest BCUT2D eigenvalue weighted by Crippen LogP contribution is -2.53. The zero-order valence-electron chi connectivity index (χ0n) is 52.0. The van der Waals surface area contributed by atoms with Crippen LogP contribution in [0.1, 0.15) is 380 Å². The molecular formula is C71H137NO5. The predicted octanol–water partition coefficient (Wildman–Crippen LogP) is 21.5. The van der Waals surface area contributed by atoms with Gasteiger partial charge in [-0.3, -0.25) is 4.79 Å². The summed E-state index contributed by atoms with van der Waals surface area (Å²) in [6.07, 6.45) is 84.2. The maximum Gasteiger partial charge on any atom is 0.249 e. The number of unbranched alkanes of at least 4 members (excludes halogenated alkanes) is 50. The molecule has 456 valence electrons. The first-order valence-electron chi connectivity index (χ1n) is 34.9. The Morgan fingerprint density at radius 1 is 0.312 bits per heavy atom. The van der Waals surface area contributed by atoms with Crippen molar-refractivity contribution in [3.63, 3.8) is 0 Å². The Bertz CT molecular complexity index is 1220. The number of carbonyl (C=O) groups excluding carboxylic acids is 1. The molecule has 0 aromatic rings. The lowest BCUT2D eigenvalue weighted by molar-refractivity contribution is -0.132. The van der Waals surface area contributed by atoms with E-state index in [2.05, 4.69) is 55.6 Å². The van der Waals surface area contributed by atoms with E-state index in [0.717, 1.165) is 38.5 Å². The molecule has 0 bridgehead atoms. The van der Waals surface area contributed by atoms with E-state index in [9.17, 15) is 25.2 Å². The van der Waals surface area contributed by atoms with Crippen LogP contribution in [0.15, 0.2) is 36.5 Å². The van der Waals surface area contributed by atoms with E-state index >= 15 is 0 Å². The van der Waals surface area contributed by atoms with Gasteiger partial charge in [-0.2, -0.15) is 0 Å². The molecule has 4 atom stereocenters. The molecule has 0 spiro atoms. The Balaban J connectivity index is 3.58. The number of aliphatic hydroxyl groups excluding tert-OH is 4. The molecule has 77 heavy (non-hydrogen) atoms. The van der Waals surface area contributed by atoms with Crippen LogP contribution in [0, 0.1) is 0 Å². The molecular weight excluding hydrogens is 947 g/mol. The van der Waals surface area contributed by atoms with E-state index in [4.69, 9.17) is 0 Å². The van der Waals surface area contributed by atoms with Crippen LogP contribution in [0.5, 0.6) is 0 Å². The highest BCUT2D eigenvalue weighted by molar-refractivity contribution is 5.80. The SMILES string of the molecule is CCCCCCCCCCCCCCCC/C=C\CCCCCCCCCCCCCCCCCCC(O)C(=O)NC(CO)C(O)C(O)CCC/C=C/CC/C=C/CCCCCCCCCCCCCCCCCCCC. The third-order valence-corrected chi connectivity index (χ3v) is 16.6. The number of hydrogen-bond donors (Lipinski definition) is 5. The van der Waals surface area contributed by atoms with E-state index in [-0.39, 0.29) is 0 Å². The summed E-state index contributed by atoms with van der Waals surface area (Å²) in [5.41, 5.74) is 0. The molecule has 0 aliphatic heterocycles. The van der Waals surface area contributed by atoms with Gasteiger partial charge in [0.1, 0.15) is 12.2 Å². The fraction of sp³-hybridized carbons (Fsp3) is 0.901. The van der Waals surface area contributed by atoms with Gasteiger partial charge in [0, 0.05) is 0 Å². The Kier molecular flexibility index (Phi) is 64.1. The Hall–Kier alpha value is -1.47. The van der Waals surface area contributed by atoms with Crippen LogP contribution in [-0.2, 0) is 4.79 Å². The third-order valence-electron chi connectivity index (χ3n) is 16.6. The number of carbonyl (C=O) groups is 1. The number of amides is 1. The van der Waals surface area contributed by atoms with Crippen molar-refractivity contribution >= 4 is 5.91 Å². The van der Waals surface area contributed by atoms with Crippen molar-refractivity contribution in [2.24, 2.45) is 0 Å². The smallest absolute Gasteiger partial charge is 0.249 e. The van der Waals surface area contributed by atoms with E-state index in [1.165, 1.54) is 308 Å². The predicted molar refractivity (Wildman–Crippen MR) is 339 cm³/mol. The van der Waals surface area contributed by atoms with Gasteiger partial charge < -0.3 is 25.7 Å². The molecule has 1 amide bonds. The summed E-state index contributed by atoms with van der Waals surface area (Å²) in [5.74, 6) is -0.591. The lowest BCUT2D eigenvalue weighted by atomic mass is 10.00. The van der Waals surface area contributed by atoms with Gasteiger partial charge in [0.15, 0.2) is 0 Å². The highest BCUT2D eigenvalue weighted by atomic mass is 16.3. The third kappa shape index (κ3) is 59.0. The molecule has 0 heterocycles. The van der Waals surface area contributed by atoms with Crippen molar-refractivity contribution in [2.45, 2.75) is 404 Å². The highest BCUT2D eigenvalue weighted by Crippen LogP contribution is 2.19. The number of aliphatic hydroxyl groups is 4. The first-order valence-corrected chi connectivity index (χ1v) is 34.9. The van der Waals surface area contributed by atoms with Gasteiger partial charge in [0.2, 0.25) is 5.91 Å². The molecule has 4 unspecified atom stereocenters. The molecule has 0 aliphatic carbocycles. The zero-order valence-corrected chi connectivity index (χ0v) is 52.0. The minimum Gasteiger partial charge on any atom is -0.394 e. The fourth-order valence-corrected chi connectivity index (χ4v) is 11.1. The summed E-state index contributed by atoms with van der Waals surface area (Å²) in [7, 11) is 0. The normalized spacial score (nSPS) is 13.7. The van der Waals surface area contributed by atoms with E-state index in [0.29, 0.717) is 19.3 Å². The van der Waals surface area contributed by atoms with Gasteiger partial charge in [0.25, 0.3) is 0 Å². The Labute approximate surface area is 481 Å². The first-order chi connectivity index (χ1) is 38.0. The molecule has 0 saturated carbocycles. The second kappa shape index (κ2) is 65.3. The van der Waals surface area contributed by atoms with Gasteiger partial charge in [0.05, 0.1) is 18.8 Å². The van der Waals surface area contributed by atoms with Gasteiger partial charge in [-0.15, -0.1) is 0 Å². The largest absolute Gasteiger partial charge is 0.394 e. The summed E-state index contributed by atoms with van der Waals surface area (Å²) in [6.45, 7) is 4.09. The van der Waals surface area contributed by atoms with Crippen LogP contribution in [0.4, 0.5) is 0 Å². The second-order valence-corrected chi connectivity index (χ2v) is 24.2. The molecule has 6 nitrogen and oxygen atoms in total. The minimum atomic E-state index is -1.29. The molecule has 0 aromatic heterocycles. The first kappa shape index (κ1) is 75.5. The average molecular weight is 1080 g/mol. The van der Waals surface area contributed by atoms with Crippen LogP contribution >= 0.6 is 0 Å². The lowest BCUT2D eigenvalue weighted by Gasteiger charge is -2.27. The van der Waals surface area contributed by atoms with Crippen LogP contribution in [0.3, 0.4) is 0 Å². The second-order valence-electron chi connectivity index (χ2n) is 24.2. The van der Waals surface area contributed by atoms with Gasteiger partial charge in [-0.1, -0.05) is 339 Å². The number of rotatable bonds is 65. The zero-order chi connectivity index (χ0) is 55.8. The average Bonchev–Trinajstić information content (AvgIpc) is 3.43. The van der Waals surface area contributed by atoms with Crippen molar-refractivity contribution in [3.8, 4) is 0 Å². The van der Waals surface area contributed by atoms with Crippen molar-refractivity contribution in [2.75, 3.05) is 6.61 Å². The molecule has 0 aromatic carbocycles. The summed E-state index contributed by atoms with van der Waals surface area (Å²) in [4.78, 5) is 12.7. The highest BCUT2D eigenvalue weighted by Gasteiger charge is 2.28. The van der Waals surface area contributed by atoms with Crippen LogP contribution in [-0.4, -0.2) is 57.3 Å². The quantitative estimate of drug-likeness (QED) is 0.0308. The van der Waals surface area contributed by atoms with Crippen LogP contribution < -0.4 is 5.32 Å². The van der Waals surface area contributed by atoms with E-state index in [1.54, 1.807) is 0 Å². The number of hydrogen-bond acceptors (Lipinski definition) is 5. The van der Waals surface area contributed by atoms with Crippen LogP contribution in [0.2, 0.25) is 0 Å². The van der Waals surface area contributed by atoms with E-state index in [1.807, 2.05) is 0 Å². The number of allylic oxidation sites excluding steroid dienone is 6. The molecule has 0 fully saturated rings. The van der Waals surface area contributed by atoms with Crippen molar-refractivity contribution in [1.82, 2.24) is 5.32 Å². The monoisotopic (exact) mass is 1080 g/mol. The van der Waals surface area contributed by atoms with Gasteiger partial charge in [-0.25, -0.2) is 0 Å². The standard InChI is InChI=1S/C71H137NO5/c1-3-5-7-9-11-13-15-17-19-21-23-25-27-29-31-32-33-34-35-36-37-39-41-43-45-47-49-51-53-55-57-59-61-63-65-69(75)71(77)72-67(66-73)70(76)68(74)64-62-60-58-56-54-52-50-48-46-44-42-40-38-30-28-26-24-22-20-18-16-14-12-10-8-6-4-2/h32-33,48,50,56,58,67-70,73-76H,3-31,34-47,49,51-55,57,59-66H2,1-2H3,(H,72,77)/b33-32-,50-48+,58-56+. The summed E-state index contributed by atoms with van der Waals surface area (Å²) < 4.78 is 0. The van der Waals surface area contributed by atoms with Crippen molar-refractivity contribution < 1.29 is 25.2 Å². The van der Waals surface area contributed by atoms with Gasteiger partial charge in [-0.05, 0) is 77.0 Å². The molecule has 0 aliphatic rings. The summed E-state index contributed by atoms with van der Waals surface area (Å²) in [5, 5.41) is 44.2. The fourth-order valence-electron chi connectivity index (χ4n) is 11.1. The topological polar surface area (TPSA) is 110 Å². The maximum atomic E-state index is 12.7. The van der Waals surface area contributed by atoms with Crippen molar-refractivity contribution in [3.05, 3.63) is 36.5 Å². The Morgan fingerprint density at radius 3 is 0.818 bits per heavy atom. The van der Waals surface area contributed by atoms with Gasteiger partial charge >= 0.3 is 0 Å². The molecule has 6 heteroatoms. The summed E-state index contributed by atoms with van der Waals surface area (Å²) >= 11 is 0. The minimum absolute atomic E-state index is 0.362. The van der Waals surface area contributed by atoms with Crippen LogP contribution in [0.25, 0.3) is 0 Å². The summed E-state index contributed by atoms with van der Waals surface area (Å²) in [6, 6.07) is -1.01. The molecule has 0 rings (SSSR count). The molecule has 0 saturated heterocycles. The maximum absolute atomic E-state index is 12.7.